The van der Waals surface area contributed by atoms with Crippen LogP contribution in [0.4, 0.5) is 0 Å². The largest absolute Gasteiger partial charge is 0.490 e. The van der Waals surface area contributed by atoms with Crippen molar-refractivity contribution in [1.82, 2.24) is 0 Å². The highest BCUT2D eigenvalue weighted by Crippen LogP contribution is 2.32. The van der Waals surface area contributed by atoms with Crippen LogP contribution < -0.4 is 28.4 Å². The van der Waals surface area contributed by atoms with E-state index in [-0.39, 0.29) is 107 Å². The zero-order valence-corrected chi connectivity index (χ0v) is 70.9. The third-order valence-corrected chi connectivity index (χ3v) is 14.6. The van der Waals surface area contributed by atoms with Crippen LogP contribution in [0.2, 0.25) is 0 Å². The van der Waals surface area contributed by atoms with Crippen LogP contribution >= 0.6 is 0 Å². The first kappa shape index (κ1) is 92.0. The number of carbonyl (C=O) groups excluding carboxylic acids is 8. The zero-order chi connectivity index (χ0) is 85.0. The molecular formula is C92H116O22. The van der Waals surface area contributed by atoms with Crippen molar-refractivity contribution in [3.05, 3.63) is 212 Å². The van der Waals surface area contributed by atoms with Gasteiger partial charge >= 0.3 is 47.8 Å². The highest BCUT2D eigenvalue weighted by Gasteiger charge is 2.30. The maximum absolute atomic E-state index is 13.4. The smallest absolute Gasteiger partial charge is 0.338 e. The van der Waals surface area contributed by atoms with Gasteiger partial charge in [0.15, 0.2) is 0 Å². The van der Waals surface area contributed by atoms with Gasteiger partial charge in [-0.1, -0.05) is 36.5 Å². The number of esters is 8. The second-order valence-corrected chi connectivity index (χ2v) is 35.3. The molecule has 0 N–H and O–H groups in total. The Bertz CT molecular complexity index is 3750. The molecule has 0 heterocycles. The van der Waals surface area contributed by atoms with Gasteiger partial charge < -0.3 is 66.3 Å². The molecule has 114 heavy (non-hydrogen) atoms. The summed E-state index contributed by atoms with van der Waals surface area (Å²) in [6.07, 6.45) is 15.1. The third-order valence-electron chi connectivity index (χ3n) is 14.6. The Balaban J connectivity index is 1.16. The summed E-state index contributed by atoms with van der Waals surface area (Å²) in [6, 6.07) is 28.5. The minimum Gasteiger partial charge on any atom is -0.490 e. The fourth-order valence-electron chi connectivity index (χ4n) is 10.3. The van der Waals surface area contributed by atoms with Crippen molar-refractivity contribution in [2.24, 2.45) is 0 Å². The monoisotopic (exact) mass is 1570 g/mol. The van der Waals surface area contributed by atoms with E-state index in [0.29, 0.717) is 33.8 Å². The molecule has 22 heteroatoms. The average molecular weight is 1570 g/mol. The van der Waals surface area contributed by atoms with Crippen LogP contribution in [0.3, 0.4) is 0 Å². The highest BCUT2D eigenvalue weighted by molar-refractivity contribution is 5.99. The highest BCUT2D eigenvalue weighted by atomic mass is 16.6. The van der Waals surface area contributed by atoms with Crippen LogP contribution in [-0.4, -0.2) is 106 Å². The van der Waals surface area contributed by atoms with Crippen molar-refractivity contribution in [1.29, 1.82) is 0 Å². The van der Waals surface area contributed by atoms with E-state index in [2.05, 4.69) is 12.2 Å². The number of hydrogen-bond acceptors (Lipinski definition) is 22. The quantitative estimate of drug-likeness (QED) is 0.0164. The SMILES string of the molecule is CC(C)(C)OC(=O)c1cc(OCc2cc(COc3cc(C(=O)OC(C)(C)C)cc(C(=O)OC(C)(C)C)c3)cc(OC/C=C/CC/C=C/CC/C=C/COc3cc(COc4cc(C(=O)OC(C)(C)C)cc(C(=O)OC(C)(C)C)c4)cc(COc4cc(C(=O)OC(C)(C)C)cc(C(=O)OC(C)(C)C)c4)c3)c2)cc(C(=O)OC(C)(C)C)c1. The molecule has 0 bridgehead atoms. The predicted octanol–water partition coefficient (Wildman–Crippen LogP) is 20.3. The van der Waals surface area contributed by atoms with Crippen molar-refractivity contribution < 1.29 is 105 Å². The first-order chi connectivity index (χ1) is 52.7. The minimum absolute atomic E-state index is 0.0508. The number of rotatable bonds is 32. The molecule has 22 nitrogen and oxygen atoms in total. The van der Waals surface area contributed by atoms with E-state index in [1.54, 1.807) is 190 Å². The normalized spacial score (nSPS) is 12.4. The number of carbonyl (C=O) groups is 8. The number of unbranched alkanes of at least 4 members (excludes halogenated alkanes) is 2. The first-order valence-corrected chi connectivity index (χ1v) is 38.1. The van der Waals surface area contributed by atoms with Crippen LogP contribution in [-0.2, 0) is 64.3 Å². The molecule has 6 rings (SSSR count). The molecule has 0 aliphatic heterocycles. The molecule has 0 aliphatic carbocycles. The summed E-state index contributed by atoms with van der Waals surface area (Å²) < 4.78 is 83.2. The summed E-state index contributed by atoms with van der Waals surface area (Å²) >= 11 is 0. The Hall–Kier alpha value is -10.9. The number of benzene rings is 6. The van der Waals surface area contributed by atoms with E-state index in [4.69, 9.17) is 66.3 Å². The second kappa shape index (κ2) is 39.2. The molecular weight excluding hydrogens is 1460 g/mol. The lowest BCUT2D eigenvalue weighted by atomic mass is 10.1. The van der Waals surface area contributed by atoms with Crippen LogP contribution in [0.1, 0.15) is 297 Å². The topological polar surface area (TPSA) is 266 Å². The molecule has 616 valence electrons. The van der Waals surface area contributed by atoms with Crippen molar-refractivity contribution in [2.45, 2.75) is 263 Å². The summed E-state index contributed by atoms with van der Waals surface area (Å²) in [7, 11) is 0. The van der Waals surface area contributed by atoms with Gasteiger partial charge in [0.1, 0.15) is 119 Å². The van der Waals surface area contributed by atoms with Gasteiger partial charge in [0, 0.05) is 0 Å². The number of allylic oxidation sites excluding steroid dienone is 4. The van der Waals surface area contributed by atoms with E-state index in [1.807, 2.05) is 36.4 Å². The van der Waals surface area contributed by atoms with Gasteiger partial charge in [0.2, 0.25) is 0 Å². The van der Waals surface area contributed by atoms with Crippen LogP contribution in [0, 0.1) is 0 Å². The van der Waals surface area contributed by atoms with Crippen molar-refractivity contribution in [3.8, 4) is 34.5 Å². The molecule has 0 amide bonds. The van der Waals surface area contributed by atoms with E-state index in [1.165, 1.54) is 72.8 Å². The van der Waals surface area contributed by atoms with Crippen molar-refractivity contribution >= 4 is 47.8 Å². The molecule has 0 spiro atoms. The number of ether oxygens (including phenoxy) is 14. The molecule has 0 aromatic heterocycles. The molecule has 0 radical (unpaired) electrons. The van der Waals surface area contributed by atoms with Gasteiger partial charge in [-0.05, 0) is 323 Å². The van der Waals surface area contributed by atoms with E-state index in [9.17, 15) is 38.4 Å². The molecule has 0 aliphatic rings. The summed E-state index contributed by atoms with van der Waals surface area (Å²) in [5.74, 6) is -3.52. The lowest BCUT2D eigenvalue weighted by Crippen LogP contribution is -2.25. The van der Waals surface area contributed by atoms with Gasteiger partial charge in [0.05, 0.1) is 44.5 Å². The fourth-order valence-corrected chi connectivity index (χ4v) is 10.3. The van der Waals surface area contributed by atoms with Gasteiger partial charge in [-0.3, -0.25) is 0 Å². The first-order valence-electron chi connectivity index (χ1n) is 38.1. The fraction of sp³-hybridized carbons (Fsp3) is 0.457. The lowest BCUT2D eigenvalue weighted by molar-refractivity contribution is 0.00457. The Morgan fingerprint density at radius 3 is 0.509 bits per heavy atom. The summed E-state index contributed by atoms with van der Waals surface area (Å²) in [5, 5.41) is 0. The van der Waals surface area contributed by atoms with E-state index < -0.39 is 92.6 Å². The van der Waals surface area contributed by atoms with Crippen LogP contribution in [0.5, 0.6) is 34.5 Å². The molecule has 0 saturated carbocycles. The van der Waals surface area contributed by atoms with Crippen LogP contribution in [0.15, 0.2) is 146 Å². The van der Waals surface area contributed by atoms with Gasteiger partial charge in [-0.2, -0.15) is 0 Å². The molecule has 0 fully saturated rings. The molecule has 0 saturated heterocycles. The Labute approximate surface area is 672 Å². The maximum atomic E-state index is 13.4. The van der Waals surface area contributed by atoms with Gasteiger partial charge in [-0.25, -0.2) is 38.4 Å². The Morgan fingerprint density at radius 2 is 0.351 bits per heavy atom. The van der Waals surface area contributed by atoms with E-state index >= 15 is 0 Å². The molecule has 6 aromatic rings. The van der Waals surface area contributed by atoms with Gasteiger partial charge in [-0.15, -0.1) is 0 Å². The summed E-state index contributed by atoms with van der Waals surface area (Å²) in [5.41, 5.74) is -3.37. The Kier molecular flexibility index (Phi) is 31.7. The second-order valence-electron chi connectivity index (χ2n) is 35.3. The average Bonchev–Trinajstić information content (AvgIpc) is 0.833. The molecule has 0 unspecified atom stereocenters. The number of hydrogen-bond donors (Lipinski definition) is 0. The summed E-state index contributed by atoms with van der Waals surface area (Å²) in [6.45, 7) is 42.0. The lowest BCUT2D eigenvalue weighted by Gasteiger charge is -2.21. The van der Waals surface area contributed by atoms with Gasteiger partial charge in [0.25, 0.3) is 0 Å². The van der Waals surface area contributed by atoms with Crippen molar-refractivity contribution in [2.75, 3.05) is 13.2 Å². The predicted molar refractivity (Wildman–Crippen MR) is 434 cm³/mol. The minimum atomic E-state index is -0.826. The van der Waals surface area contributed by atoms with Crippen LogP contribution in [0.25, 0.3) is 0 Å². The standard InChI is InChI=1S/C92H116O22/c1-85(2,3)107-77(93)63-43-64(78(94)108-86(4,5)6)48-73(47-63)103-55-59-37-60(56-104-74-49-65(79(95)109-87(7,8)9)44-66(50-74)80(96)110-88(10,11)12)40-71(39-59)101-35-33-31-29-27-25-26-28-30-32-34-36-102-72-41-61(57-105-75-51-67(81(97)111-89(13,14)15)45-68(52-75)82(98)112-90(16,17)18)38-62(42-72)58-106-76-53-69(83(99)113-91(19,20)21)46-70(54-76)84(100)114-92(22,23)24/h25-26,31-34,37-54H,27-30,35-36,55-58H2,1-24H3/b26-25+,33-31+,34-32+. The molecule has 0 atom stereocenters. The Morgan fingerprint density at radius 1 is 0.202 bits per heavy atom. The van der Waals surface area contributed by atoms with E-state index in [0.717, 1.165) is 25.7 Å². The summed E-state index contributed by atoms with van der Waals surface area (Å²) in [4.78, 5) is 107. The third kappa shape index (κ3) is 35.0. The zero-order valence-electron chi connectivity index (χ0n) is 70.9. The maximum Gasteiger partial charge on any atom is 0.338 e. The molecule has 6 aromatic carbocycles. The van der Waals surface area contributed by atoms with Crippen molar-refractivity contribution in [3.63, 3.8) is 0 Å².